The van der Waals surface area contributed by atoms with Crippen molar-refractivity contribution in [1.82, 2.24) is 0 Å². The number of carbonyl (C=O) groups excluding carboxylic acids is 1. The lowest BCUT2D eigenvalue weighted by Gasteiger charge is -2.39. The maximum absolute atomic E-state index is 13.2. The number of benzene rings is 1. The second-order valence-electron chi connectivity index (χ2n) is 11.5. The normalized spacial score (nSPS) is 27.7. The topological polar surface area (TPSA) is 35.5 Å². The van der Waals surface area contributed by atoms with Crippen molar-refractivity contribution in [1.29, 1.82) is 0 Å². The summed E-state index contributed by atoms with van der Waals surface area (Å²) in [6.07, 6.45) is 9.76. The van der Waals surface area contributed by atoms with Gasteiger partial charge in [-0.2, -0.15) is 0 Å². The maximum atomic E-state index is 13.2. The molecule has 0 aromatic heterocycles. The lowest BCUT2D eigenvalue weighted by atomic mass is 9.75. The summed E-state index contributed by atoms with van der Waals surface area (Å²) in [5.74, 6) is 2.42. The molecule has 1 aromatic rings. The Bertz CT molecular complexity index is 720. The van der Waals surface area contributed by atoms with Crippen molar-refractivity contribution < 1.29 is 14.3 Å². The minimum atomic E-state index is -0.441. The maximum Gasteiger partial charge on any atom is 0.339 e. The standard InChI is InChI=1S/C28H44O3/c1-20-11-15-23(16-12-20)27(3,4)30-19-22-9-7-8-10-25(22)26(29)31-28(5,6)24-17-13-21(2)14-18-24/h7-10,20-21,23-24H,11-19H2,1-6H3. The number of rotatable bonds is 7. The number of carbonyl (C=O) groups is 1. The van der Waals surface area contributed by atoms with Crippen LogP contribution in [0.1, 0.15) is 109 Å². The summed E-state index contributed by atoms with van der Waals surface area (Å²) in [4.78, 5) is 13.2. The molecule has 0 bridgehead atoms. The predicted octanol–water partition coefficient (Wildman–Crippen LogP) is 7.57. The summed E-state index contributed by atoms with van der Waals surface area (Å²) in [7, 11) is 0. The summed E-state index contributed by atoms with van der Waals surface area (Å²) in [5, 5.41) is 0. The van der Waals surface area contributed by atoms with Crippen molar-refractivity contribution in [2.45, 2.75) is 111 Å². The van der Waals surface area contributed by atoms with Gasteiger partial charge in [-0.05, 0) is 88.7 Å². The van der Waals surface area contributed by atoms with Crippen LogP contribution in [0.25, 0.3) is 0 Å². The molecule has 2 fully saturated rings. The van der Waals surface area contributed by atoms with E-state index >= 15 is 0 Å². The van der Waals surface area contributed by atoms with Gasteiger partial charge in [0.25, 0.3) is 0 Å². The second-order valence-corrected chi connectivity index (χ2v) is 11.5. The molecule has 3 heteroatoms. The van der Waals surface area contributed by atoms with E-state index in [1.54, 1.807) is 0 Å². The predicted molar refractivity (Wildman–Crippen MR) is 127 cm³/mol. The zero-order valence-electron chi connectivity index (χ0n) is 20.7. The van der Waals surface area contributed by atoms with Crippen molar-refractivity contribution in [2.24, 2.45) is 23.7 Å². The molecule has 0 heterocycles. The highest BCUT2D eigenvalue weighted by atomic mass is 16.6. The van der Waals surface area contributed by atoms with E-state index in [4.69, 9.17) is 9.47 Å². The molecular formula is C28H44O3. The number of hydrogen-bond acceptors (Lipinski definition) is 3. The van der Waals surface area contributed by atoms with Crippen LogP contribution < -0.4 is 0 Å². The fourth-order valence-corrected chi connectivity index (χ4v) is 5.51. The Morgan fingerprint density at radius 3 is 1.84 bits per heavy atom. The highest BCUT2D eigenvalue weighted by Crippen LogP contribution is 2.39. The lowest BCUT2D eigenvalue weighted by Crippen LogP contribution is -2.39. The first kappa shape index (κ1) is 24.3. The number of ether oxygens (including phenoxy) is 2. The monoisotopic (exact) mass is 428 g/mol. The van der Waals surface area contributed by atoms with Crippen LogP contribution in [-0.4, -0.2) is 17.2 Å². The lowest BCUT2D eigenvalue weighted by molar-refractivity contribution is -0.0831. The third kappa shape index (κ3) is 6.34. The van der Waals surface area contributed by atoms with E-state index in [9.17, 15) is 4.79 Å². The Kier molecular flexibility index (Phi) is 7.89. The zero-order chi connectivity index (χ0) is 22.6. The van der Waals surface area contributed by atoms with Crippen LogP contribution in [0.4, 0.5) is 0 Å². The minimum absolute atomic E-state index is 0.185. The Balaban J connectivity index is 1.63. The van der Waals surface area contributed by atoms with Crippen LogP contribution in [0.15, 0.2) is 24.3 Å². The molecule has 1 aromatic carbocycles. The SMILES string of the molecule is CC1CCC(C(C)(C)OCc2ccccc2C(=O)OC(C)(C)C2CCC(C)CC2)CC1. The van der Waals surface area contributed by atoms with Gasteiger partial charge in [-0.15, -0.1) is 0 Å². The first-order valence-corrected chi connectivity index (χ1v) is 12.5. The van der Waals surface area contributed by atoms with Crippen LogP contribution in [0, 0.1) is 23.7 Å². The van der Waals surface area contributed by atoms with Crippen molar-refractivity contribution >= 4 is 5.97 Å². The van der Waals surface area contributed by atoms with Crippen molar-refractivity contribution in [2.75, 3.05) is 0 Å². The van der Waals surface area contributed by atoms with Gasteiger partial charge in [0.15, 0.2) is 0 Å². The summed E-state index contributed by atoms with van der Waals surface area (Å²) >= 11 is 0. The molecule has 0 atom stereocenters. The van der Waals surface area contributed by atoms with E-state index in [0.29, 0.717) is 24.0 Å². The smallest absolute Gasteiger partial charge is 0.339 e. The molecule has 174 valence electrons. The molecule has 31 heavy (non-hydrogen) atoms. The van der Waals surface area contributed by atoms with Gasteiger partial charge in [0.2, 0.25) is 0 Å². The first-order chi connectivity index (χ1) is 14.6. The van der Waals surface area contributed by atoms with Crippen LogP contribution in [-0.2, 0) is 16.1 Å². The fourth-order valence-electron chi connectivity index (χ4n) is 5.51. The van der Waals surface area contributed by atoms with Crippen LogP contribution in [0.2, 0.25) is 0 Å². The molecule has 0 spiro atoms. The first-order valence-electron chi connectivity index (χ1n) is 12.5. The van der Waals surface area contributed by atoms with Crippen molar-refractivity contribution in [3.05, 3.63) is 35.4 Å². The van der Waals surface area contributed by atoms with Crippen LogP contribution >= 0.6 is 0 Å². The van der Waals surface area contributed by atoms with E-state index in [-0.39, 0.29) is 11.6 Å². The van der Waals surface area contributed by atoms with E-state index in [0.717, 1.165) is 30.2 Å². The molecule has 2 aliphatic carbocycles. The molecule has 0 N–H and O–H groups in total. The van der Waals surface area contributed by atoms with E-state index in [2.05, 4.69) is 41.5 Å². The molecule has 2 saturated carbocycles. The van der Waals surface area contributed by atoms with Crippen LogP contribution in [0.5, 0.6) is 0 Å². The van der Waals surface area contributed by atoms with E-state index < -0.39 is 5.60 Å². The Morgan fingerprint density at radius 1 is 0.806 bits per heavy atom. The fraction of sp³-hybridized carbons (Fsp3) is 0.750. The van der Waals surface area contributed by atoms with Gasteiger partial charge < -0.3 is 9.47 Å². The molecule has 0 aliphatic heterocycles. The van der Waals surface area contributed by atoms with E-state index in [1.165, 1.54) is 38.5 Å². The van der Waals surface area contributed by atoms with Gasteiger partial charge in [-0.25, -0.2) is 4.79 Å². The molecule has 0 saturated heterocycles. The van der Waals surface area contributed by atoms with Crippen molar-refractivity contribution in [3.63, 3.8) is 0 Å². The largest absolute Gasteiger partial charge is 0.456 e. The van der Waals surface area contributed by atoms with Gasteiger partial charge in [0.1, 0.15) is 5.60 Å². The quantitative estimate of drug-likeness (QED) is 0.420. The highest BCUT2D eigenvalue weighted by molar-refractivity contribution is 5.91. The number of esters is 1. The van der Waals surface area contributed by atoms with Gasteiger partial charge in [-0.1, -0.05) is 57.7 Å². The number of hydrogen-bond donors (Lipinski definition) is 0. The summed E-state index contributed by atoms with van der Waals surface area (Å²) in [6, 6.07) is 7.79. The summed E-state index contributed by atoms with van der Waals surface area (Å²) in [5.41, 5.74) is 0.948. The van der Waals surface area contributed by atoms with Gasteiger partial charge in [-0.3, -0.25) is 0 Å². The average Bonchev–Trinajstić information content (AvgIpc) is 2.73. The second kappa shape index (κ2) is 10.1. The molecular weight excluding hydrogens is 384 g/mol. The summed E-state index contributed by atoms with van der Waals surface area (Å²) in [6.45, 7) is 13.7. The Hall–Kier alpha value is -1.35. The average molecular weight is 429 g/mol. The molecule has 0 unspecified atom stereocenters. The Morgan fingerprint density at radius 2 is 1.29 bits per heavy atom. The highest BCUT2D eigenvalue weighted by Gasteiger charge is 2.37. The van der Waals surface area contributed by atoms with Gasteiger partial charge in [0, 0.05) is 0 Å². The zero-order valence-corrected chi connectivity index (χ0v) is 20.7. The van der Waals surface area contributed by atoms with Crippen molar-refractivity contribution in [3.8, 4) is 0 Å². The molecule has 2 aliphatic rings. The van der Waals surface area contributed by atoms with E-state index in [1.807, 2.05) is 24.3 Å². The Labute approximate surface area is 190 Å². The third-order valence-electron chi connectivity index (χ3n) is 8.19. The van der Waals surface area contributed by atoms with Gasteiger partial charge >= 0.3 is 5.97 Å². The summed E-state index contributed by atoms with van der Waals surface area (Å²) < 4.78 is 12.5. The third-order valence-corrected chi connectivity index (χ3v) is 8.19. The molecule has 3 rings (SSSR count). The minimum Gasteiger partial charge on any atom is -0.456 e. The van der Waals surface area contributed by atoms with Crippen LogP contribution in [0.3, 0.4) is 0 Å². The molecule has 0 radical (unpaired) electrons. The van der Waals surface area contributed by atoms with Gasteiger partial charge in [0.05, 0.1) is 17.8 Å². The molecule has 3 nitrogen and oxygen atoms in total. The molecule has 0 amide bonds.